The van der Waals surface area contributed by atoms with Gasteiger partial charge in [0.25, 0.3) is 0 Å². The van der Waals surface area contributed by atoms with Gasteiger partial charge in [0.15, 0.2) is 15.1 Å². The van der Waals surface area contributed by atoms with Crippen LogP contribution in [0.5, 0.6) is 0 Å². The van der Waals surface area contributed by atoms with Crippen LogP contribution in [0.15, 0.2) is 39.6 Å². The highest BCUT2D eigenvalue weighted by Gasteiger charge is 2.10. The average molecular weight is 320 g/mol. The summed E-state index contributed by atoms with van der Waals surface area (Å²) in [6, 6.07) is 7.85. The molecule has 7 heteroatoms. The van der Waals surface area contributed by atoms with E-state index < -0.39 is 9.84 Å². The van der Waals surface area contributed by atoms with Gasteiger partial charge in [-0.05, 0) is 41.9 Å². The number of benzene rings is 1. The van der Waals surface area contributed by atoms with Gasteiger partial charge < -0.3 is 9.73 Å². The van der Waals surface area contributed by atoms with Gasteiger partial charge in [0, 0.05) is 6.26 Å². The van der Waals surface area contributed by atoms with Crippen LogP contribution in [-0.2, 0) is 16.4 Å². The summed E-state index contributed by atoms with van der Waals surface area (Å²) in [6.45, 7) is 0.361. The Hall–Kier alpha value is -1.17. The molecule has 0 saturated heterocycles. The minimum Gasteiger partial charge on any atom is -0.448 e. The van der Waals surface area contributed by atoms with Crippen LogP contribution in [0.1, 0.15) is 5.76 Å². The van der Waals surface area contributed by atoms with Crippen molar-refractivity contribution in [2.75, 3.05) is 11.6 Å². The summed E-state index contributed by atoms with van der Waals surface area (Å²) in [4.78, 5) is 0.205. The van der Waals surface area contributed by atoms with Crippen molar-refractivity contribution in [3.05, 3.63) is 46.3 Å². The van der Waals surface area contributed by atoms with Crippen molar-refractivity contribution in [1.82, 2.24) is 0 Å². The minimum absolute atomic E-state index is 0.205. The molecule has 4 nitrogen and oxygen atoms in total. The number of anilines is 1. The van der Waals surface area contributed by atoms with Crippen molar-refractivity contribution in [2.45, 2.75) is 11.4 Å². The Balaban J connectivity index is 2.20. The Morgan fingerprint density at radius 3 is 2.53 bits per heavy atom. The van der Waals surface area contributed by atoms with Crippen LogP contribution >= 0.6 is 23.2 Å². The first-order chi connectivity index (χ1) is 8.86. The highest BCUT2D eigenvalue weighted by Crippen LogP contribution is 2.26. The molecule has 0 fully saturated rings. The van der Waals surface area contributed by atoms with Gasteiger partial charge in [-0.2, -0.15) is 0 Å². The minimum atomic E-state index is -3.26. The Labute approximate surface area is 121 Å². The summed E-state index contributed by atoms with van der Waals surface area (Å²) < 4.78 is 28.1. The normalized spacial score (nSPS) is 11.5. The second kappa shape index (κ2) is 5.45. The van der Waals surface area contributed by atoms with Crippen LogP contribution in [0, 0.1) is 0 Å². The number of rotatable bonds is 4. The van der Waals surface area contributed by atoms with Crippen LogP contribution in [0.2, 0.25) is 10.2 Å². The van der Waals surface area contributed by atoms with Crippen molar-refractivity contribution < 1.29 is 12.8 Å². The molecule has 1 N–H and O–H groups in total. The predicted octanol–water partition coefficient (Wildman–Crippen LogP) is 3.60. The molecule has 0 saturated carbocycles. The van der Waals surface area contributed by atoms with E-state index in [1.165, 1.54) is 18.2 Å². The summed E-state index contributed by atoms with van der Waals surface area (Å²) in [5.74, 6) is 0.630. The summed E-state index contributed by atoms with van der Waals surface area (Å²) in [7, 11) is -3.26. The highest BCUT2D eigenvalue weighted by molar-refractivity contribution is 7.90. The number of sulfone groups is 1. The number of hydrogen-bond donors (Lipinski definition) is 1. The first-order valence-electron chi connectivity index (χ1n) is 5.34. The van der Waals surface area contributed by atoms with Crippen molar-refractivity contribution in [3.8, 4) is 0 Å². The maximum absolute atomic E-state index is 11.5. The van der Waals surface area contributed by atoms with Gasteiger partial charge in [0.05, 0.1) is 22.2 Å². The molecule has 2 rings (SSSR count). The number of nitrogens with one attached hydrogen (secondary N) is 1. The second-order valence-corrected chi connectivity index (χ2v) is 6.77. The zero-order valence-corrected chi connectivity index (χ0v) is 12.3. The van der Waals surface area contributed by atoms with Crippen LogP contribution in [0.4, 0.5) is 5.69 Å². The van der Waals surface area contributed by atoms with E-state index in [-0.39, 0.29) is 4.90 Å². The van der Waals surface area contributed by atoms with Crippen LogP contribution in [0.25, 0.3) is 0 Å². The van der Waals surface area contributed by atoms with Crippen LogP contribution in [-0.4, -0.2) is 14.7 Å². The zero-order valence-electron chi connectivity index (χ0n) is 9.98. The molecule has 2 aromatic rings. The molecule has 0 aliphatic heterocycles. The SMILES string of the molecule is CS(=O)(=O)c1ccc(Cl)c(NCc2ccc(Cl)o2)c1. The maximum Gasteiger partial charge on any atom is 0.193 e. The molecular weight excluding hydrogens is 309 g/mol. The van der Waals surface area contributed by atoms with Crippen LogP contribution in [0.3, 0.4) is 0 Å². The lowest BCUT2D eigenvalue weighted by Gasteiger charge is -2.08. The van der Waals surface area contributed by atoms with E-state index in [1.807, 2.05) is 0 Å². The molecule has 0 bridgehead atoms. The summed E-state index contributed by atoms with van der Waals surface area (Å²) in [5, 5.41) is 3.74. The van der Waals surface area contributed by atoms with Gasteiger partial charge in [-0.25, -0.2) is 8.42 Å². The zero-order chi connectivity index (χ0) is 14.0. The van der Waals surface area contributed by atoms with E-state index >= 15 is 0 Å². The smallest absolute Gasteiger partial charge is 0.193 e. The molecule has 1 aromatic heterocycles. The van der Waals surface area contributed by atoms with E-state index in [9.17, 15) is 8.42 Å². The first-order valence-corrected chi connectivity index (χ1v) is 7.99. The summed E-state index contributed by atoms with van der Waals surface area (Å²) in [6.07, 6.45) is 1.15. The first kappa shape index (κ1) is 14.2. The Bertz CT molecular complexity index is 695. The third-order valence-electron chi connectivity index (χ3n) is 2.45. The van der Waals surface area contributed by atoms with Gasteiger partial charge >= 0.3 is 0 Å². The predicted molar refractivity (Wildman–Crippen MR) is 75.6 cm³/mol. The molecule has 1 heterocycles. The lowest BCUT2D eigenvalue weighted by Crippen LogP contribution is -2.02. The monoisotopic (exact) mass is 319 g/mol. The topological polar surface area (TPSA) is 59.3 Å². The Kier molecular flexibility index (Phi) is 4.08. The molecule has 0 aliphatic carbocycles. The Morgan fingerprint density at radius 1 is 1.21 bits per heavy atom. The third-order valence-corrected chi connectivity index (χ3v) is 4.09. The molecule has 1 aromatic carbocycles. The molecule has 19 heavy (non-hydrogen) atoms. The molecule has 0 atom stereocenters. The molecule has 102 valence electrons. The standard InChI is InChI=1S/C12H11Cl2NO3S/c1-19(16,17)9-3-4-10(13)11(6-9)15-7-8-2-5-12(14)18-8/h2-6,15H,7H2,1H3. The Morgan fingerprint density at radius 2 is 1.95 bits per heavy atom. The van der Waals surface area contributed by atoms with Crippen molar-refractivity contribution in [2.24, 2.45) is 0 Å². The van der Waals surface area contributed by atoms with Crippen molar-refractivity contribution >= 4 is 38.7 Å². The highest BCUT2D eigenvalue weighted by atomic mass is 35.5. The number of halogens is 2. The molecule has 0 amide bonds. The average Bonchev–Trinajstić information content (AvgIpc) is 2.72. The van der Waals surface area contributed by atoms with E-state index in [2.05, 4.69) is 5.32 Å². The number of hydrogen-bond acceptors (Lipinski definition) is 4. The van der Waals surface area contributed by atoms with Crippen LogP contribution < -0.4 is 5.32 Å². The lowest BCUT2D eigenvalue weighted by molar-refractivity contribution is 0.520. The fraction of sp³-hybridized carbons (Fsp3) is 0.167. The maximum atomic E-state index is 11.5. The van der Waals surface area contributed by atoms with Gasteiger partial charge in [-0.15, -0.1) is 0 Å². The van der Waals surface area contributed by atoms with Crippen molar-refractivity contribution in [3.63, 3.8) is 0 Å². The third kappa shape index (κ3) is 3.65. The quantitative estimate of drug-likeness (QED) is 0.935. The molecule has 0 spiro atoms. The molecule has 0 aliphatic rings. The van der Waals surface area contributed by atoms with Gasteiger partial charge in [-0.1, -0.05) is 11.6 Å². The van der Waals surface area contributed by atoms with Gasteiger partial charge in [0.2, 0.25) is 0 Å². The summed E-state index contributed by atoms with van der Waals surface area (Å²) >= 11 is 11.7. The van der Waals surface area contributed by atoms with E-state index in [0.29, 0.717) is 28.2 Å². The van der Waals surface area contributed by atoms with Gasteiger partial charge in [-0.3, -0.25) is 0 Å². The summed E-state index contributed by atoms with van der Waals surface area (Å²) in [5.41, 5.74) is 0.525. The van der Waals surface area contributed by atoms with Gasteiger partial charge in [0.1, 0.15) is 5.76 Å². The molecule has 0 radical (unpaired) electrons. The van der Waals surface area contributed by atoms with E-state index in [4.69, 9.17) is 27.6 Å². The lowest BCUT2D eigenvalue weighted by atomic mass is 10.3. The molecular formula is C12H11Cl2NO3S. The second-order valence-electron chi connectivity index (χ2n) is 3.97. The molecule has 0 unspecified atom stereocenters. The fourth-order valence-corrected chi connectivity index (χ4v) is 2.49. The number of furan rings is 1. The van der Waals surface area contributed by atoms with Crippen molar-refractivity contribution in [1.29, 1.82) is 0 Å². The van der Waals surface area contributed by atoms with E-state index in [0.717, 1.165) is 6.26 Å². The van der Waals surface area contributed by atoms with E-state index in [1.54, 1.807) is 12.1 Å². The fourth-order valence-electron chi connectivity index (χ4n) is 1.50. The largest absolute Gasteiger partial charge is 0.448 e.